The standard InChI is InChI=1S/C14H17N3O2.C2H6/c18-10-17-8-3-6-14(7-9-17)15-12-5-2-1-4-11(12)13(19)16-14;1-2/h1-2,4-5,10,15H,3,6-9H2,(H,16,19);1-2H3. The summed E-state index contributed by atoms with van der Waals surface area (Å²) in [6.45, 7) is 5.42. The highest BCUT2D eigenvalue weighted by Crippen LogP contribution is 2.30. The zero-order chi connectivity index (χ0) is 15.3. The van der Waals surface area contributed by atoms with Crippen molar-refractivity contribution in [1.29, 1.82) is 0 Å². The van der Waals surface area contributed by atoms with Crippen molar-refractivity contribution in [2.75, 3.05) is 18.4 Å². The maximum absolute atomic E-state index is 12.2. The molecule has 2 amide bonds. The Morgan fingerprint density at radius 2 is 1.90 bits per heavy atom. The molecule has 5 nitrogen and oxygen atoms in total. The van der Waals surface area contributed by atoms with Crippen LogP contribution in [0.2, 0.25) is 0 Å². The van der Waals surface area contributed by atoms with Gasteiger partial charge in [-0.1, -0.05) is 26.0 Å². The molecule has 0 radical (unpaired) electrons. The molecule has 1 saturated heterocycles. The number of carbonyl (C=O) groups excluding carboxylic acids is 2. The molecule has 1 unspecified atom stereocenters. The molecule has 0 bridgehead atoms. The van der Waals surface area contributed by atoms with E-state index in [9.17, 15) is 9.59 Å². The van der Waals surface area contributed by atoms with Crippen molar-refractivity contribution in [2.24, 2.45) is 0 Å². The van der Waals surface area contributed by atoms with Crippen LogP contribution in [0.3, 0.4) is 0 Å². The first-order valence-corrected chi connectivity index (χ1v) is 7.61. The van der Waals surface area contributed by atoms with Crippen LogP contribution in [0.4, 0.5) is 5.69 Å². The van der Waals surface area contributed by atoms with Gasteiger partial charge in [-0.3, -0.25) is 9.59 Å². The first-order chi connectivity index (χ1) is 10.2. The van der Waals surface area contributed by atoms with Crippen molar-refractivity contribution < 1.29 is 9.59 Å². The van der Waals surface area contributed by atoms with E-state index in [4.69, 9.17) is 0 Å². The smallest absolute Gasteiger partial charge is 0.255 e. The van der Waals surface area contributed by atoms with Gasteiger partial charge in [0.15, 0.2) is 0 Å². The van der Waals surface area contributed by atoms with Crippen LogP contribution in [0.1, 0.15) is 43.5 Å². The third-order valence-corrected chi connectivity index (χ3v) is 3.92. The average Bonchev–Trinajstić information content (AvgIpc) is 2.71. The summed E-state index contributed by atoms with van der Waals surface area (Å²) >= 11 is 0. The van der Waals surface area contributed by atoms with Crippen LogP contribution >= 0.6 is 0 Å². The summed E-state index contributed by atoms with van der Waals surface area (Å²) in [5.74, 6) is -0.0334. The van der Waals surface area contributed by atoms with Crippen LogP contribution in [-0.4, -0.2) is 36.0 Å². The minimum Gasteiger partial charge on any atom is -0.362 e. The molecular formula is C16H23N3O2. The van der Waals surface area contributed by atoms with Gasteiger partial charge in [-0.25, -0.2) is 0 Å². The SMILES string of the molecule is CC.O=CN1CCCC2(CC1)NC(=O)c1ccccc1N2. The summed E-state index contributed by atoms with van der Waals surface area (Å²) in [4.78, 5) is 24.8. The van der Waals surface area contributed by atoms with Gasteiger partial charge in [0.1, 0.15) is 5.66 Å². The van der Waals surface area contributed by atoms with Crippen LogP contribution in [0.25, 0.3) is 0 Å². The molecule has 2 N–H and O–H groups in total. The van der Waals surface area contributed by atoms with Crippen molar-refractivity contribution in [3.05, 3.63) is 29.8 Å². The second kappa shape index (κ2) is 6.61. The van der Waals surface area contributed by atoms with Gasteiger partial charge in [0, 0.05) is 25.2 Å². The van der Waals surface area contributed by atoms with Gasteiger partial charge in [-0.15, -0.1) is 0 Å². The number of rotatable bonds is 1. The zero-order valence-electron chi connectivity index (χ0n) is 12.7. The van der Waals surface area contributed by atoms with E-state index >= 15 is 0 Å². The maximum atomic E-state index is 12.2. The van der Waals surface area contributed by atoms with Gasteiger partial charge in [0.2, 0.25) is 6.41 Å². The lowest BCUT2D eigenvalue weighted by Crippen LogP contribution is -2.57. The average molecular weight is 289 g/mol. The Labute approximate surface area is 125 Å². The first-order valence-electron chi connectivity index (χ1n) is 7.61. The minimum absolute atomic E-state index is 0.0334. The molecule has 114 valence electrons. The molecule has 1 spiro atoms. The van der Waals surface area contributed by atoms with Crippen molar-refractivity contribution >= 4 is 18.0 Å². The van der Waals surface area contributed by atoms with Gasteiger partial charge in [0.05, 0.1) is 5.56 Å². The zero-order valence-corrected chi connectivity index (χ0v) is 12.7. The van der Waals surface area contributed by atoms with Gasteiger partial charge in [-0.05, 0) is 25.0 Å². The molecule has 1 atom stereocenters. The Kier molecular flexibility index (Phi) is 4.83. The molecule has 0 aliphatic carbocycles. The van der Waals surface area contributed by atoms with Crippen molar-refractivity contribution in [3.8, 4) is 0 Å². The van der Waals surface area contributed by atoms with Gasteiger partial charge < -0.3 is 15.5 Å². The maximum Gasteiger partial charge on any atom is 0.255 e. The van der Waals surface area contributed by atoms with Crippen LogP contribution in [0.15, 0.2) is 24.3 Å². The van der Waals surface area contributed by atoms with E-state index in [1.54, 1.807) is 4.90 Å². The Hall–Kier alpha value is -2.04. The number of carbonyl (C=O) groups is 2. The third kappa shape index (κ3) is 3.17. The Bertz CT molecular complexity index is 518. The van der Waals surface area contributed by atoms with E-state index in [1.807, 2.05) is 38.1 Å². The molecule has 2 heterocycles. The molecule has 0 aromatic heterocycles. The first kappa shape index (κ1) is 15.4. The molecule has 0 saturated carbocycles. The fourth-order valence-electron chi connectivity index (χ4n) is 2.87. The highest BCUT2D eigenvalue weighted by atomic mass is 16.2. The van der Waals surface area contributed by atoms with Crippen LogP contribution in [-0.2, 0) is 4.79 Å². The van der Waals surface area contributed by atoms with E-state index in [-0.39, 0.29) is 5.91 Å². The quantitative estimate of drug-likeness (QED) is 0.779. The van der Waals surface area contributed by atoms with Gasteiger partial charge in [0.25, 0.3) is 5.91 Å². The normalized spacial score (nSPS) is 23.9. The highest BCUT2D eigenvalue weighted by Gasteiger charge is 2.38. The fourth-order valence-corrected chi connectivity index (χ4v) is 2.87. The molecule has 1 aromatic carbocycles. The number of para-hydroxylation sites is 1. The van der Waals surface area contributed by atoms with E-state index < -0.39 is 5.66 Å². The third-order valence-electron chi connectivity index (χ3n) is 3.92. The number of nitrogens with zero attached hydrogens (tertiary/aromatic N) is 1. The number of hydrogen-bond donors (Lipinski definition) is 2. The molecule has 21 heavy (non-hydrogen) atoms. The Morgan fingerprint density at radius 3 is 2.67 bits per heavy atom. The second-order valence-corrected chi connectivity index (χ2v) is 5.20. The lowest BCUT2D eigenvalue weighted by Gasteiger charge is -2.40. The fraction of sp³-hybridized carbons (Fsp3) is 0.500. The van der Waals surface area contributed by atoms with E-state index in [2.05, 4.69) is 10.6 Å². The number of hydrogen-bond acceptors (Lipinski definition) is 3. The minimum atomic E-state index is -0.413. The molecule has 2 aliphatic heterocycles. The summed E-state index contributed by atoms with van der Waals surface area (Å²) in [6.07, 6.45) is 3.33. The van der Waals surface area contributed by atoms with Crippen molar-refractivity contribution in [1.82, 2.24) is 10.2 Å². The number of fused-ring (bicyclic) bond motifs is 1. The monoisotopic (exact) mass is 289 g/mol. The number of likely N-dealkylation sites (tertiary alicyclic amines) is 1. The van der Waals surface area contributed by atoms with Crippen molar-refractivity contribution in [3.63, 3.8) is 0 Å². The predicted octanol–water partition coefficient (Wildman–Crippen LogP) is 2.21. The topological polar surface area (TPSA) is 61.4 Å². The van der Waals surface area contributed by atoms with E-state index in [0.29, 0.717) is 12.1 Å². The molecule has 2 aliphatic rings. The van der Waals surface area contributed by atoms with Crippen LogP contribution in [0, 0.1) is 0 Å². The van der Waals surface area contributed by atoms with Crippen LogP contribution < -0.4 is 10.6 Å². The summed E-state index contributed by atoms with van der Waals surface area (Å²) in [5.41, 5.74) is 1.15. The lowest BCUT2D eigenvalue weighted by atomic mass is 9.95. The summed E-state index contributed by atoms with van der Waals surface area (Å²) in [6, 6.07) is 7.53. The summed E-state index contributed by atoms with van der Waals surface area (Å²) < 4.78 is 0. The molecule has 1 aromatic rings. The van der Waals surface area contributed by atoms with Crippen molar-refractivity contribution in [2.45, 2.75) is 38.8 Å². The summed E-state index contributed by atoms with van der Waals surface area (Å²) in [7, 11) is 0. The molecule has 3 rings (SSSR count). The molecular weight excluding hydrogens is 266 g/mol. The van der Waals surface area contributed by atoms with E-state index in [1.165, 1.54) is 0 Å². The number of nitrogens with one attached hydrogen (secondary N) is 2. The van der Waals surface area contributed by atoms with Gasteiger partial charge >= 0.3 is 0 Å². The summed E-state index contributed by atoms with van der Waals surface area (Å²) in [5, 5.41) is 6.53. The molecule has 1 fully saturated rings. The Balaban J connectivity index is 0.000000774. The number of amides is 2. The van der Waals surface area contributed by atoms with Crippen LogP contribution in [0.5, 0.6) is 0 Å². The largest absolute Gasteiger partial charge is 0.362 e. The number of anilines is 1. The lowest BCUT2D eigenvalue weighted by molar-refractivity contribution is -0.118. The van der Waals surface area contributed by atoms with Gasteiger partial charge in [-0.2, -0.15) is 0 Å². The number of benzene rings is 1. The van der Waals surface area contributed by atoms with E-state index in [0.717, 1.165) is 37.9 Å². The molecule has 5 heteroatoms. The second-order valence-electron chi connectivity index (χ2n) is 5.20. The predicted molar refractivity (Wildman–Crippen MR) is 83.1 cm³/mol. The highest BCUT2D eigenvalue weighted by molar-refractivity contribution is 6.02. The Morgan fingerprint density at radius 1 is 1.14 bits per heavy atom.